The van der Waals surface area contributed by atoms with Crippen molar-refractivity contribution in [3.8, 4) is 0 Å². The Kier molecular flexibility index (Phi) is 4.00. The molecule has 1 aliphatic heterocycles. The van der Waals surface area contributed by atoms with Gasteiger partial charge in [0, 0.05) is 5.69 Å². The summed E-state index contributed by atoms with van der Waals surface area (Å²) < 4.78 is 12.1. The Morgan fingerprint density at radius 1 is 1.24 bits per heavy atom. The van der Waals surface area contributed by atoms with Crippen LogP contribution in [0.3, 0.4) is 0 Å². The van der Waals surface area contributed by atoms with E-state index in [2.05, 4.69) is 11.9 Å². The molecule has 1 aliphatic rings. The van der Waals surface area contributed by atoms with Crippen LogP contribution in [0.2, 0.25) is 0 Å². The molecule has 0 bridgehead atoms. The second-order valence-electron chi connectivity index (χ2n) is 6.35. The minimum Gasteiger partial charge on any atom is -0.399 e. The molecule has 0 spiro atoms. The van der Waals surface area contributed by atoms with Crippen molar-refractivity contribution in [2.75, 3.05) is 5.32 Å². The lowest BCUT2D eigenvalue weighted by molar-refractivity contribution is -0.111. The van der Waals surface area contributed by atoms with E-state index < -0.39 is 0 Å². The summed E-state index contributed by atoms with van der Waals surface area (Å²) in [5.41, 5.74) is 2.00. The van der Waals surface area contributed by atoms with E-state index in [1.807, 2.05) is 52.8 Å². The monoisotopic (exact) mass is 287 g/mol. The maximum atomic E-state index is 11.3. The zero-order valence-electron chi connectivity index (χ0n) is 13.3. The number of hydrogen-bond donors (Lipinski definition) is 1. The summed E-state index contributed by atoms with van der Waals surface area (Å²) in [7, 11) is -0.390. The van der Waals surface area contributed by atoms with Gasteiger partial charge in [-0.05, 0) is 63.9 Å². The first-order valence-electron chi connectivity index (χ1n) is 7.06. The number of hydrogen-bond acceptors (Lipinski definition) is 3. The molecule has 4 nitrogen and oxygen atoms in total. The lowest BCUT2D eigenvalue weighted by Gasteiger charge is -2.32. The molecule has 0 saturated carbocycles. The molecular weight excluding hydrogens is 265 g/mol. The normalized spacial score (nSPS) is 19.4. The van der Waals surface area contributed by atoms with Gasteiger partial charge >= 0.3 is 7.12 Å². The Morgan fingerprint density at radius 3 is 2.29 bits per heavy atom. The van der Waals surface area contributed by atoms with Gasteiger partial charge in [-0.2, -0.15) is 0 Å². The van der Waals surface area contributed by atoms with E-state index in [9.17, 15) is 4.79 Å². The molecule has 112 valence electrons. The first-order valence-corrected chi connectivity index (χ1v) is 7.06. The molecule has 21 heavy (non-hydrogen) atoms. The number of benzene rings is 1. The third-order valence-electron chi connectivity index (χ3n) is 4.23. The molecule has 1 aromatic carbocycles. The van der Waals surface area contributed by atoms with Gasteiger partial charge in [-0.25, -0.2) is 0 Å². The van der Waals surface area contributed by atoms with Crippen LogP contribution in [0, 0.1) is 6.92 Å². The van der Waals surface area contributed by atoms with E-state index in [0.29, 0.717) is 0 Å². The summed E-state index contributed by atoms with van der Waals surface area (Å²) in [5.74, 6) is -0.224. The SMILES string of the molecule is C=CC(=O)Nc1ccc(B2OC(C)(C)C(C)(C)O2)c(C)c1. The van der Waals surface area contributed by atoms with Crippen LogP contribution in [0.1, 0.15) is 33.3 Å². The number of carbonyl (C=O) groups excluding carboxylic acids is 1. The maximum absolute atomic E-state index is 11.3. The van der Waals surface area contributed by atoms with E-state index in [-0.39, 0.29) is 24.2 Å². The van der Waals surface area contributed by atoms with Crippen molar-refractivity contribution in [3.63, 3.8) is 0 Å². The minimum atomic E-state index is -0.390. The van der Waals surface area contributed by atoms with Gasteiger partial charge in [-0.1, -0.05) is 12.6 Å². The Hall–Kier alpha value is -1.59. The average molecular weight is 287 g/mol. The summed E-state index contributed by atoms with van der Waals surface area (Å²) in [6, 6.07) is 5.67. The van der Waals surface area contributed by atoms with Crippen molar-refractivity contribution in [1.82, 2.24) is 0 Å². The van der Waals surface area contributed by atoms with Gasteiger partial charge in [0.1, 0.15) is 0 Å². The predicted molar refractivity (Wildman–Crippen MR) is 85.7 cm³/mol. The third-order valence-corrected chi connectivity index (χ3v) is 4.23. The fourth-order valence-electron chi connectivity index (χ4n) is 2.18. The zero-order valence-corrected chi connectivity index (χ0v) is 13.3. The zero-order chi connectivity index (χ0) is 15.8. The largest absolute Gasteiger partial charge is 0.495 e. The topological polar surface area (TPSA) is 47.6 Å². The van der Waals surface area contributed by atoms with E-state index in [0.717, 1.165) is 16.7 Å². The Morgan fingerprint density at radius 2 is 1.81 bits per heavy atom. The molecule has 1 amide bonds. The molecule has 2 rings (SSSR count). The highest BCUT2D eigenvalue weighted by Gasteiger charge is 2.51. The molecule has 5 heteroatoms. The summed E-state index contributed by atoms with van der Waals surface area (Å²) in [6.45, 7) is 13.5. The highest BCUT2D eigenvalue weighted by atomic mass is 16.7. The van der Waals surface area contributed by atoms with Crippen LogP contribution in [0.5, 0.6) is 0 Å². The molecular formula is C16H22BNO3. The molecule has 1 fully saturated rings. The van der Waals surface area contributed by atoms with Crippen molar-refractivity contribution in [1.29, 1.82) is 0 Å². The van der Waals surface area contributed by atoms with Gasteiger partial charge in [0.2, 0.25) is 5.91 Å². The Labute approximate surface area is 126 Å². The van der Waals surface area contributed by atoms with Crippen molar-refractivity contribution < 1.29 is 14.1 Å². The van der Waals surface area contributed by atoms with Gasteiger partial charge in [-0.15, -0.1) is 0 Å². The van der Waals surface area contributed by atoms with Crippen molar-refractivity contribution in [3.05, 3.63) is 36.4 Å². The Bertz CT molecular complexity index is 565. The van der Waals surface area contributed by atoms with Crippen LogP contribution < -0.4 is 10.8 Å². The summed E-state index contributed by atoms with van der Waals surface area (Å²) in [6.07, 6.45) is 1.25. The van der Waals surface area contributed by atoms with E-state index in [4.69, 9.17) is 9.31 Å². The maximum Gasteiger partial charge on any atom is 0.495 e. The van der Waals surface area contributed by atoms with Gasteiger partial charge in [0.25, 0.3) is 0 Å². The molecule has 1 N–H and O–H groups in total. The number of nitrogens with one attached hydrogen (secondary N) is 1. The molecule has 0 radical (unpaired) electrons. The molecule has 0 aliphatic carbocycles. The predicted octanol–water partition coefficient (Wildman–Crippen LogP) is 2.42. The fourth-order valence-corrected chi connectivity index (χ4v) is 2.18. The van der Waals surface area contributed by atoms with Crippen molar-refractivity contribution >= 4 is 24.2 Å². The molecule has 1 heterocycles. The number of amides is 1. The van der Waals surface area contributed by atoms with Gasteiger partial charge in [0.15, 0.2) is 0 Å². The molecule has 0 atom stereocenters. The van der Waals surface area contributed by atoms with Gasteiger partial charge in [0.05, 0.1) is 11.2 Å². The third kappa shape index (κ3) is 3.04. The number of anilines is 1. The highest BCUT2D eigenvalue weighted by molar-refractivity contribution is 6.62. The van der Waals surface area contributed by atoms with Crippen molar-refractivity contribution in [2.45, 2.75) is 45.8 Å². The van der Waals surface area contributed by atoms with Crippen LogP contribution >= 0.6 is 0 Å². The summed E-state index contributed by atoms with van der Waals surface area (Å²) in [4.78, 5) is 11.3. The van der Waals surface area contributed by atoms with Crippen LogP contribution in [0.15, 0.2) is 30.9 Å². The fraction of sp³-hybridized carbons (Fsp3) is 0.438. The average Bonchev–Trinajstić information content (AvgIpc) is 2.58. The summed E-state index contributed by atoms with van der Waals surface area (Å²) >= 11 is 0. The highest BCUT2D eigenvalue weighted by Crippen LogP contribution is 2.36. The first-order chi connectivity index (χ1) is 9.66. The smallest absolute Gasteiger partial charge is 0.399 e. The second-order valence-corrected chi connectivity index (χ2v) is 6.35. The quantitative estimate of drug-likeness (QED) is 0.686. The van der Waals surface area contributed by atoms with Crippen LogP contribution in [-0.2, 0) is 14.1 Å². The first kappa shape index (κ1) is 15.8. The molecule has 1 aromatic rings. The van der Waals surface area contributed by atoms with E-state index in [1.54, 1.807) is 0 Å². The minimum absolute atomic E-state index is 0.224. The van der Waals surface area contributed by atoms with Crippen molar-refractivity contribution in [2.24, 2.45) is 0 Å². The standard InChI is InChI=1S/C16H22BNO3/c1-7-14(19)18-12-8-9-13(11(2)10-12)17-20-15(3,4)16(5,6)21-17/h7-10H,1H2,2-6H3,(H,18,19). The van der Waals surface area contributed by atoms with E-state index in [1.165, 1.54) is 6.08 Å². The molecule has 1 saturated heterocycles. The number of rotatable bonds is 3. The van der Waals surface area contributed by atoms with Crippen LogP contribution in [0.25, 0.3) is 0 Å². The van der Waals surface area contributed by atoms with Gasteiger partial charge in [-0.3, -0.25) is 4.79 Å². The number of aryl methyl sites for hydroxylation is 1. The Balaban J connectivity index is 2.23. The van der Waals surface area contributed by atoms with Gasteiger partial charge < -0.3 is 14.6 Å². The van der Waals surface area contributed by atoms with E-state index >= 15 is 0 Å². The summed E-state index contributed by atoms with van der Waals surface area (Å²) in [5, 5.41) is 2.74. The lowest BCUT2D eigenvalue weighted by atomic mass is 9.76. The molecule has 0 unspecified atom stereocenters. The van der Waals surface area contributed by atoms with Crippen LogP contribution in [-0.4, -0.2) is 24.2 Å². The molecule has 0 aromatic heterocycles. The second kappa shape index (κ2) is 5.32. The lowest BCUT2D eigenvalue weighted by Crippen LogP contribution is -2.41. The number of carbonyl (C=O) groups is 1. The van der Waals surface area contributed by atoms with Crippen LogP contribution in [0.4, 0.5) is 5.69 Å².